The summed E-state index contributed by atoms with van der Waals surface area (Å²) in [5.74, 6) is 0.871. The molecule has 0 amide bonds. The van der Waals surface area contributed by atoms with Crippen LogP contribution in [0.5, 0.6) is 0 Å². The van der Waals surface area contributed by atoms with Crippen LogP contribution in [0.3, 0.4) is 0 Å². The van der Waals surface area contributed by atoms with E-state index in [4.69, 9.17) is 5.73 Å². The van der Waals surface area contributed by atoms with Crippen LogP contribution in [-0.4, -0.2) is 38.2 Å². The number of piperidine rings is 1. The summed E-state index contributed by atoms with van der Waals surface area (Å²) in [6.07, 6.45) is 5.24. The van der Waals surface area contributed by atoms with E-state index < -0.39 is 0 Å². The Kier molecular flexibility index (Phi) is 6.39. The zero-order chi connectivity index (χ0) is 26.3. The maximum Gasteiger partial charge on any atom is 0.322 e. The van der Waals surface area contributed by atoms with Crippen LogP contribution in [0.25, 0.3) is 21.9 Å². The van der Waals surface area contributed by atoms with Crippen molar-refractivity contribution in [3.8, 4) is 6.07 Å². The smallest absolute Gasteiger partial charge is 0.322 e. The Hall–Kier alpha value is -4.23. The molecule has 0 spiro atoms. The maximum atomic E-state index is 13.9. The first-order valence-corrected chi connectivity index (χ1v) is 12.4. The highest BCUT2D eigenvalue weighted by molar-refractivity contribution is 5.89. The van der Waals surface area contributed by atoms with Crippen molar-refractivity contribution in [2.24, 2.45) is 5.73 Å². The van der Waals surface area contributed by atoms with Gasteiger partial charge in [-0.05, 0) is 50.7 Å². The number of allylic oxidation sites excluding steroid dienone is 2. The molecule has 4 aromatic rings. The molecule has 4 heterocycles. The highest BCUT2D eigenvalue weighted by atomic mass is 16.5. The summed E-state index contributed by atoms with van der Waals surface area (Å²) in [5, 5.41) is 23.9. The number of benzene rings is 1. The van der Waals surface area contributed by atoms with Gasteiger partial charge in [0, 0.05) is 25.7 Å². The van der Waals surface area contributed by atoms with Crippen molar-refractivity contribution >= 4 is 27.8 Å². The van der Waals surface area contributed by atoms with Crippen molar-refractivity contribution in [2.75, 3.05) is 18.0 Å². The van der Waals surface area contributed by atoms with E-state index in [-0.39, 0.29) is 24.0 Å². The van der Waals surface area contributed by atoms with Gasteiger partial charge in [0.25, 0.3) is 5.56 Å². The van der Waals surface area contributed by atoms with E-state index >= 15 is 0 Å². The first kappa shape index (κ1) is 24.5. The van der Waals surface area contributed by atoms with E-state index in [1.165, 1.54) is 10.9 Å². The van der Waals surface area contributed by atoms with Gasteiger partial charge in [-0.15, -0.1) is 0 Å². The molecule has 1 aliphatic rings. The topological polar surface area (TPSA) is 133 Å². The first-order valence-electron chi connectivity index (χ1n) is 12.4. The third kappa shape index (κ3) is 4.32. The van der Waals surface area contributed by atoms with Crippen LogP contribution in [0.2, 0.25) is 0 Å². The fraction of sp³-hybridized carbons (Fsp3) is 0.370. The molecule has 0 saturated carbocycles. The van der Waals surface area contributed by atoms with Gasteiger partial charge in [0.1, 0.15) is 40.7 Å². The molecule has 190 valence electrons. The Morgan fingerprint density at radius 2 is 2.14 bits per heavy atom. The summed E-state index contributed by atoms with van der Waals surface area (Å²) in [4.78, 5) is 25.0. The van der Waals surface area contributed by atoms with Crippen molar-refractivity contribution in [3.05, 3.63) is 74.9 Å². The lowest BCUT2D eigenvalue weighted by Gasteiger charge is -2.33. The lowest BCUT2D eigenvalue weighted by atomic mass is 10.1. The molecule has 0 aliphatic carbocycles. The minimum absolute atomic E-state index is 0.00505. The molecule has 0 bridgehead atoms. The summed E-state index contributed by atoms with van der Waals surface area (Å²) in [6, 6.07) is 9.70. The molecule has 1 aromatic carbocycles. The molecule has 1 aliphatic heterocycles. The lowest BCUT2D eigenvalue weighted by Crippen LogP contribution is -2.44. The Morgan fingerprint density at radius 1 is 1.35 bits per heavy atom. The number of fused-ring (bicyclic) bond motifs is 2. The van der Waals surface area contributed by atoms with Gasteiger partial charge in [-0.1, -0.05) is 23.8 Å². The zero-order valence-corrected chi connectivity index (χ0v) is 21.3. The van der Waals surface area contributed by atoms with Crippen molar-refractivity contribution in [3.63, 3.8) is 0 Å². The maximum absolute atomic E-state index is 13.9. The molecule has 3 aromatic heterocycles. The SMILES string of the molecule is CC(C)=CCn1c(N2CCC[C@H](N)C2)c(C#N)c2ncn(Cc3nc4ccccc4c(C)[n+]3[O-])c(=O)c21. The summed E-state index contributed by atoms with van der Waals surface area (Å²) >= 11 is 0. The third-order valence-corrected chi connectivity index (χ3v) is 6.95. The Labute approximate surface area is 214 Å². The zero-order valence-electron chi connectivity index (χ0n) is 21.3. The van der Waals surface area contributed by atoms with E-state index in [1.807, 2.05) is 48.8 Å². The minimum Gasteiger partial charge on any atom is -0.710 e. The number of nitriles is 1. The molecular weight excluding hydrogens is 468 g/mol. The van der Waals surface area contributed by atoms with Crippen LogP contribution in [0.15, 0.2) is 47.0 Å². The number of hydrogen-bond donors (Lipinski definition) is 1. The van der Waals surface area contributed by atoms with E-state index in [0.29, 0.717) is 46.7 Å². The van der Waals surface area contributed by atoms with Gasteiger partial charge in [0.15, 0.2) is 5.52 Å². The van der Waals surface area contributed by atoms with Crippen LogP contribution in [0.4, 0.5) is 5.82 Å². The number of nitrogens with zero attached hydrogens (tertiary/aromatic N) is 7. The molecule has 1 fully saturated rings. The van der Waals surface area contributed by atoms with E-state index in [1.54, 1.807) is 6.92 Å². The molecule has 1 atom stereocenters. The van der Waals surface area contributed by atoms with Crippen molar-refractivity contribution in [1.29, 1.82) is 5.26 Å². The van der Waals surface area contributed by atoms with Crippen molar-refractivity contribution < 1.29 is 4.73 Å². The summed E-state index contributed by atoms with van der Waals surface area (Å²) < 4.78 is 4.02. The van der Waals surface area contributed by atoms with Crippen molar-refractivity contribution in [1.82, 2.24) is 19.1 Å². The summed E-state index contributed by atoms with van der Waals surface area (Å²) in [6.45, 7) is 7.44. The fourth-order valence-electron chi connectivity index (χ4n) is 5.07. The molecule has 37 heavy (non-hydrogen) atoms. The number of para-hydroxylation sites is 1. The van der Waals surface area contributed by atoms with Crippen LogP contribution in [0.1, 0.15) is 43.8 Å². The van der Waals surface area contributed by atoms with Crippen molar-refractivity contribution in [2.45, 2.75) is 52.7 Å². The number of aryl methyl sites for hydroxylation is 1. The van der Waals surface area contributed by atoms with E-state index in [0.717, 1.165) is 35.1 Å². The van der Waals surface area contributed by atoms with Gasteiger partial charge in [-0.3, -0.25) is 9.36 Å². The predicted octanol–water partition coefficient (Wildman–Crippen LogP) is 2.50. The minimum atomic E-state index is -0.330. The third-order valence-electron chi connectivity index (χ3n) is 6.95. The van der Waals surface area contributed by atoms with Crippen LogP contribution in [0, 0.1) is 23.5 Å². The Balaban J connectivity index is 1.69. The van der Waals surface area contributed by atoms with Gasteiger partial charge in [0.05, 0.1) is 11.7 Å². The molecule has 1 saturated heterocycles. The molecule has 10 heteroatoms. The molecular formula is C27H30N8O2. The Morgan fingerprint density at radius 3 is 2.86 bits per heavy atom. The second-order valence-corrected chi connectivity index (χ2v) is 9.85. The predicted molar refractivity (Wildman–Crippen MR) is 142 cm³/mol. The summed E-state index contributed by atoms with van der Waals surface area (Å²) in [7, 11) is 0. The number of aromatic nitrogens is 5. The lowest BCUT2D eigenvalue weighted by molar-refractivity contribution is -0.623. The number of rotatable bonds is 5. The van der Waals surface area contributed by atoms with E-state index in [9.17, 15) is 15.3 Å². The van der Waals surface area contributed by atoms with Gasteiger partial charge in [0.2, 0.25) is 0 Å². The standard InChI is InChI=1S/C27H30N8O2/c1-17(2)10-12-34-25-24(21(13-28)26(34)32-11-6-7-19(29)14-32)30-16-33(27(25)36)15-23-31-22-9-5-4-8-20(22)18(3)35(23)37/h4-5,8-10,16,19H,6-7,11-12,14-15,29H2,1-3H3/t19-/m0/s1. The highest BCUT2D eigenvalue weighted by Crippen LogP contribution is 2.31. The van der Waals surface area contributed by atoms with Gasteiger partial charge in [-0.25, -0.2) is 9.71 Å². The molecule has 0 radical (unpaired) electrons. The average molecular weight is 499 g/mol. The van der Waals surface area contributed by atoms with Gasteiger partial charge < -0.3 is 20.4 Å². The Bertz CT molecular complexity index is 1640. The number of hydrogen-bond acceptors (Lipinski definition) is 7. The normalized spacial score (nSPS) is 15.8. The monoisotopic (exact) mass is 498 g/mol. The van der Waals surface area contributed by atoms with Crippen LogP contribution < -0.4 is 20.9 Å². The number of anilines is 1. The van der Waals surface area contributed by atoms with Crippen LogP contribution >= 0.6 is 0 Å². The number of nitrogens with two attached hydrogens (primary N) is 1. The second kappa shape index (κ2) is 9.67. The molecule has 5 rings (SSSR count). The molecule has 10 nitrogen and oxygen atoms in total. The molecule has 0 unspecified atom stereocenters. The van der Waals surface area contributed by atoms with Gasteiger partial charge >= 0.3 is 5.82 Å². The fourth-order valence-corrected chi connectivity index (χ4v) is 5.07. The quantitative estimate of drug-likeness (QED) is 0.254. The highest BCUT2D eigenvalue weighted by Gasteiger charge is 2.28. The molecule has 2 N–H and O–H groups in total. The largest absolute Gasteiger partial charge is 0.710 e. The van der Waals surface area contributed by atoms with Gasteiger partial charge in [-0.2, -0.15) is 5.26 Å². The first-order chi connectivity index (χ1) is 17.8. The summed E-state index contributed by atoms with van der Waals surface area (Å²) in [5.41, 5.74) is 9.29. The van der Waals surface area contributed by atoms with Crippen LogP contribution in [-0.2, 0) is 13.1 Å². The average Bonchev–Trinajstić information content (AvgIpc) is 3.21. The second-order valence-electron chi connectivity index (χ2n) is 9.85. The van der Waals surface area contributed by atoms with E-state index in [2.05, 4.69) is 20.9 Å².